The van der Waals surface area contributed by atoms with Crippen LogP contribution < -0.4 is 0 Å². The average Bonchev–Trinajstić information content (AvgIpc) is 2.30. The van der Waals surface area contributed by atoms with E-state index >= 15 is 0 Å². The van der Waals surface area contributed by atoms with Crippen LogP contribution in [0, 0.1) is 5.92 Å². The first-order valence-electron chi connectivity index (χ1n) is 5.68. The van der Waals surface area contributed by atoms with Crippen LogP contribution in [-0.4, -0.2) is 55.0 Å². The Hall–Kier alpha value is -0.0600. The van der Waals surface area contributed by atoms with Crippen molar-refractivity contribution in [1.29, 1.82) is 0 Å². The lowest BCUT2D eigenvalue weighted by molar-refractivity contribution is -0.131. The van der Waals surface area contributed by atoms with Gasteiger partial charge in [0.05, 0.1) is 12.6 Å². The van der Waals surface area contributed by atoms with E-state index in [9.17, 15) is 4.79 Å². The Balaban J connectivity index is 1.92. The molecule has 0 N–H and O–H groups in total. The van der Waals surface area contributed by atoms with Gasteiger partial charge >= 0.3 is 0 Å². The second-order valence-corrected chi connectivity index (χ2v) is 5.54. The van der Waals surface area contributed by atoms with Crippen molar-refractivity contribution in [2.24, 2.45) is 5.92 Å². The summed E-state index contributed by atoms with van der Waals surface area (Å²) in [6, 6.07) is 0.135. The summed E-state index contributed by atoms with van der Waals surface area (Å²) in [5, 5.41) is 0. The minimum atomic E-state index is 0.135. The molecule has 0 amide bonds. The Labute approximate surface area is 95.5 Å². The lowest BCUT2D eigenvalue weighted by atomic mass is 9.93. The molecule has 2 unspecified atom stereocenters. The zero-order valence-corrected chi connectivity index (χ0v) is 10.1. The Morgan fingerprint density at radius 2 is 2.40 bits per heavy atom. The third kappa shape index (κ3) is 2.74. The fraction of sp³-hybridized carbons (Fsp3) is 0.909. The van der Waals surface area contributed by atoms with Crippen molar-refractivity contribution in [1.82, 2.24) is 4.90 Å². The van der Waals surface area contributed by atoms with E-state index in [0.717, 1.165) is 37.5 Å². The van der Waals surface area contributed by atoms with Crippen molar-refractivity contribution in [3.8, 4) is 0 Å². The van der Waals surface area contributed by atoms with Gasteiger partial charge in [-0.3, -0.25) is 9.69 Å². The van der Waals surface area contributed by atoms with Crippen LogP contribution in [0.1, 0.15) is 12.8 Å². The van der Waals surface area contributed by atoms with Gasteiger partial charge in [0, 0.05) is 30.6 Å². The molecule has 4 heteroatoms. The van der Waals surface area contributed by atoms with Gasteiger partial charge in [-0.05, 0) is 19.9 Å². The molecule has 2 atom stereocenters. The van der Waals surface area contributed by atoms with Gasteiger partial charge in [0.15, 0.2) is 5.78 Å². The van der Waals surface area contributed by atoms with E-state index in [2.05, 4.69) is 11.9 Å². The maximum absolute atomic E-state index is 12.2. The van der Waals surface area contributed by atoms with Gasteiger partial charge in [-0.25, -0.2) is 0 Å². The molecule has 0 saturated carbocycles. The third-order valence-electron chi connectivity index (χ3n) is 3.29. The number of nitrogens with zero attached hydrogens (tertiary/aromatic N) is 1. The molecule has 0 aromatic carbocycles. The number of rotatable bonds is 2. The van der Waals surface area contributed by atoms with Crippen molar-refractivity contribution in [3.63, 3.8) is 0 Å². The first kappa shape index (κ1) is 11.4. The van der Waals surface area contributed by atoms with Crippen molar-refractivity contribution >= 4 is 17.5 Å². The highest BCUT2D eigenvalue weighted by Gasteiger charge is 2.32. The minimum absolute atomic E-state index is 0.135. The van der Waals surface area contributed by atoms with Crippen LogP contribution in [0.25, 0.3) is 0 Å². The maximum atomic E-state index is 12.2. The van der Waals surface area contributed by atoms with Gasteiger partial charge in [-0.15, -0.1) is 0 Å². The highest BCUT2D eigenvalue weighted by Crippen LogP contribution is 2.22. The van der Waals surface area contributed by atoms with Gasteiger partial charge < -0.3 is 4.74 Å². The van der Waals surface area contributed by atoms with Crippen molar-refractivity contribution in [2.75, 3.05) is 38.3 Å². The van der Waals surface area contributed by atoms with Crippen LogP contribution in [0.3, 0.4) is 0 Å². The molecule has 2 saturated heterocycles. The lowest BCUT2D eigenvalue weighted by Gasteiger charge is -2.34. The van der Waals surface area contributed by atoms with E-state index in [1.54, 1.807) is 0 Å². The second kappa shape index (κ2) is 5.32. The number of likely N-dealkylation sites (N-methyl/N-ethyl adjacent to an activating group) is 1. The van der Waals surface area contributed by atoms with E-state index in [0.29, 0.717) is 12.4 Å². The summed E-state index contributed by atoms with van der Waals surface area (Å²) < 4.78 is 5.38. The molecule has 0 aromatic rings. The first-order valence-corrected chi connectivity index (χ1v) is 6.84. The molecular formula is C11H19NO2S. The standard InChI is InChI=1S/C11H19NO2S/c1-12-4-6-15-8-10(12)11(13)9-3-2-5-14-7-9/h9-10H,2-8H2,1H3. The van der Waals surface area contributed by atoms with E-state index in [1.165, 1.54) is 0 Å². The molecule has 0 bridgehead atoms. The molecule has 2 aliphatic heterocycles. The SMILES string of the molecule is CN1CCSCC1C(=O)C1CCCOC1. The van der Waals surface area contributed by atoms with Crippen LogP contribution in [-0.2, 0) is 9.53 Å². The molecule has 0 radical (unpaired) electrons. The summed E-state index contributed by atoms with van der Waals surface area (Å²) in [7, 11) is 2.06. The quantitative estimate of drug-likeness (QED) is 0.707. The smallest absolute Gasteiger partial charge is 0.156 e. The van der Waals surface area contributed by atoms with E-state index in [4.69, 9.17) is 4.74 Å². The summed E-state index contributed by atoms with van der Waals surface area (Å²) >= 11 is 1.90. The molecule has 2 rings (SSSR count). The summed E-state index contributed by atoms with van der Waals surface area (Å²) in [6.45, 7) is 2.52. The van der Waals surface area contributed by atoms with Crippen LogP contribution in [0.2, 0.25) is 0 Å². The number of thioether (sulfide) groups is 1. The van der Waals surface area contributed by atoms with Gasteiger partial charge in [-0.1, -0.05) is 0 Å². The fourth-order valence-electron chi connectivity index (χ4n) is 2.22. The zero-order valence-electron chi connectivity index (χ0n) is 9.28. The Kier molecular flexibility index (Phi) is 4.05. The normalized spacial score (nSPS) is 33.9. The molecule has 3 nitrogen and oxygen atoms in total. The molecule has 0 aromatic heterocycles. The van der Waals surface area contributed by atoms with Crippen LogP contribution in [0.5, 0.6) is 0 Å². The van der Waals surface area contributed by atoms with E-state index in [-0.39, 0.29) is 12.0 Å². The van der Waals surface area contributed by atoms with Crippen molar-refractivity contribution < 1.29 is 9.53 Å². The van der Waals surface area contributed by atoms with E-state index < -0.39 is 0 Å². The summed E-state index contributed by atoms with van der Waals surface area (Å²) in [5.41, 5.74) is 0. The number of carbonyl (C=O) groups is 1. The Morgan fingerprint density at radius 1 is 1.53 bits per heavy atom. The van der Waals surface area contributed by atoms with E-state index in [1.807, 2.05) is 11.8 Å². The maximum Gasteiger partial charge on any atom is 0.156 e. The molecule has 2 aliphatic rings. The van der Waals surface area contributed by atoms with Crippen LogP contribution in [0.4, 0.5) is 0 Å². The summed E-state index contributed by atoms with van der Waals surface area (Å²) in [4.78, 5) is 14.4. The number of ether oxygens (including phenoxy) is 1. The molecular weight excluding hydrogens is 210 g/mol. The second-order valence-electron chi connectivity index (χ2n) is 4.39. The Morgan fingerprint density at radius 3 is 3.07 bits per heavy atom. The summed E-state index contributed by atoms with van der Waals surface area (Å²) in [5.74, 6) is 2.68. The molecule has 86 valence electrons. The van der Waals surface area contributed by atoms with Crippen LogP contribution >= 0.6 is 11.8 Å². The number of hydrogen-bond acceptors (Lipinski definition) is 4. The number of Topliss-reactive ketones (excluding diaryl/α,β-unsaturated/α-hetero) is 1. The van der Waals surface area contributed by atoms with Crippen LogP contribution in [0.15, 0.2) is 0 Å². The van der Waals surface area contributed by atoms with Gasteiger partial charge in [0.1, 0.15) is 0 Å². The minimum Gasteiger partial charge on any atom is -0.381 e. The zero-order chi connectivity index (χ0) is 10.7. The monoisotopic (exact) mass is 229 g/mol. The molecule has 0 spiro atoms. The molecule has 15 heavy (non-hydrogen) atoms. The predicted molar refractivity (Wildman–Crippen MR) is 62.3 cm³/mol. The molecule has 2 fully saturated rings. The topological polar surface area (TPSA) is 29.5 Å². The summed E-state index contributed by atoms with van der Waals surface area (Å²) in [6.07, 6.45) is 2.06. The van der Waals surface area contributed by atoms with Gasteiger partial charge in [0.2, 0.25) is 0 Å². The fourth-order valence-corrected chi connectivity index (χ4v) is 3.45. The lowest BCUT2D eigenvalue weighted by Crippen LogP contribution is -2.48. The highest BCUT2D eigenvalue weighted by atomic mass is 32.2. The number of carbonyl (C=O) groups excluding carboxylic acids is 1. The predicted octanol–water partition coefficient (Wildman–Crippen LogP) is 1.03. The third-order valence-corrected chi connectivity index (χ3v) is 4.31. The highest BCUT2D eigenvalue weighted by molar-refractivity contribution is 7.99. The molecule has 0 aliphatic carbocycles. The van der Waals surface area contributed by atoms with Gasteiger partial charge in [0.25, 0.3) is 0 Å². The molecule has 2 heterocycles. The van der Waals surface area contributed by atoms with Gasteiger partial charge in [-0.2, -0.15) is 11.8 Å². The van der Waals surface area contributed by atoms with Crippen molar-refractivity contribution in [2.45, 2.75) is 18.9 Å². The average molecular weight is 229 g/mol. The largest absolute Gasteiger partial charge is 0.381 e. The number of hydrogen-bond donors (Lipinski definition) is 0. The Bertz CT molecular complexity index is 229. The number of ketones is 1. The van der Waals surface area contributed by atoms with Crippen molar-refractivity contribution in [3.05, 3.63) is 0 Å². The first-order chi connectivity index (χ1) is 7.29.